The lowest BCUT2D eigenvalue weighted by molar-refractivity contribution is 0.0457. The van der Waals surface area contributed by atoms with E-state index in [1.807, 2.05) is 12.3 Å². The van der Waals surface area contributed by atoms with Gasteiger partial charge < -0.3 is 9.30 Å². The number of esters is 1. The summed E-state index contributed by atoms with van der Waals surface area (Å²) in [5, 5.41) is 2.84. The highest BCUT2D eigenvalue weighted by atomic mass is 32.2. The van der Waals surface area contributed by atoms with Crippen LogP contribution in [0.15, 0.2) is 22.5 Å². The number of thiazole rings is 1. The molecule has 2 heterocycles. The quantitative estimate of drug-likeness (QED) is 0.652. The van der Waals surface area contributed by atoms with Crippen molar-refractivity contribution in [3.05, 3.63) is 34.0 Å². The van der Waals surface area contributed by atoms with Gasteiger partial charge in [0.2, 0.25) is 10.0 Å². The SMILES string of the molecule is CCc1nc(COC(=O)c2cc(S(=O)(=O)N(CC)CC)cn2C)cs1. The van der Waals surface area contributed by atoms with E-state index in [9.17, 15) is 13.2 Å². The van der Waals surface area contributed by atoms with Gasteiger partial charge in [0.05, 0.1) is 10.7 Å². The number of rotatable bonds is 8. The first-order chi connectivity index (χ1) is 11.8. The van der Waals surface area contributed by atoms with Gasteiger partial charge in [-0.3, -0.25) is 0 Å². The number of carbonyl (C=O) groups is 1. The van der Waals surface area contributed by atoms with Crippen LogP contribution >= 0.6 is 11.3 Å². The molecule has 0 N–H and O–H groups in total. The van der Waals surface area contributed by atoms with Crippen molar-refractivity contribution in [3.8, 4) is 0 Å². The molecule has 0 aliphatic carbocycles. The molecule has 0 saturated heterocycles. The summed E-state index contributed by atoms with van der Waals surface area (Å²) in [7, 11) is -1.99. The molecule has 25 heavy (non-hydrogen) atoms. The van der Waals surface area contributed by atoms with Crippen LogP contribution in [0.2, 0.25) is 0 Å². The molecule has 0 unspecified atom stereocenters. The second kappa shape index (κ2) is 8.11. The summed E-state index contributed by atoms with van der Waals surface area (Å²) in [6.07, 6.45) is 2.27. The van der Waals surface area contributed by atoms with Gasteiger partial charge >= 0.3 is 5.97 Å². The largest absolute Gasteiger partial charge is 0.454 e. The van der Waals surface area contributed by atoms with Gasteiger partial charge in [-0.1, -0.05) is 20.8 Å². The average Bonchev–Trinajstić information content (AvgIpc) is 3.20. The van der Waals surface area contributed by atoms with E-state index in [1.54, 1.807) is 20.9 Å². The van der Waals surface area contributed by atoms with Gasteiger partial charge in [0.1, 0.15) is 17.2 Å². The first-order valence-corrected chi connectivity index (χ1v) is 10.4. The van der Waals surface area contributed by atoms with E-state index in [0.29, 0.717) is 18.8 Å². The minimum absolute atomic E-state index is 0.0681. The van der Waals surface area contributed by atoms with E-state index >= 15 is 0 Å². The fourth-order valence-corrected chi connectivity index (χ4v) is 4.64. The van der Waals surface area contributed by atoms with Crippen LogP contribution in [0.5, 0.6) is 0 Å². The van der Waals surface area contributed by atoms with Crippen LogP contribution in [-0.4, -0.2) is 41.3 Å². The minimum atomic E-state index is -3.61. The Morgan fingerprint density at radius 1 is 1.32 bits per heavy atom. The molecule has 138 valence electrons. The monoisotopic (exact) mass is 385 g/mol. The average molecular weight is 386 g/mol. The third-order valence-electron chi connectivity index (χ3n) is 3.79. The van der Waals surface area contributed by atoms with Crippen molar-refractivity contribution in [2.75, 3.05) is 13.1 Å². The van der Waals surface area contributed by atoms with Crippen molar-refractivity contribution < 1.29 is 17.9 Å². The van der Waals surface area contributed by atoms with Crippen molar-refractivity contribution in [1.82, 2.24) is 13.9 Å². The first kappa shape index (κ1) is 19.6. The molecule has 0 aliphatic heterocycles. The molecule has 2 rings (SSSR count). The maximum absolute atomic E-state index is 12.5. The Labute approximate surface area is 152 Å². The van der Waals surface area contributed by atoms with Crippen molar-refractivity contribution in [1.29, 1.82) is 0 Å². The van der Waals surface area contributed by atoms with Gasteiger partial charge in [0, 0.05) is 31.7 Å². The smallest absolute Gasteiger partial charge is 0.355 e. The van der Waals surface area contributed by atoms with Crippen molar-refractivity contribution in [2.24, 2.45) is 7.05 Å². The summed E-state index contributed by atoms with van der Waals surface area (Å²) in [5.41, 5.74) is 0.886. The lowest BCUT2D eigenvalue weighted by atomic mass is 10.4. The predicted octanol–water partition coefficient (Wildman–Crippen LogP) is 2.43. The summed E-state index contributed by atoms with van der Waals surface area (Å²) in [6, 6.07) is 1.36. The highest BCUT2D eigenvalue weighted by Gasteiger charge is 2.25. The molecular weight excluding hydrogens is 362 g/mol. The number of sulfonamides is 1. The third kappa shape index (κ3) is 4.28. The Morgan fingerprint density at radius 3 is 2.56 bits per heavy atom. The topological polar surface area (TPSA) is 81.5 Å². The fourth-order valence-electron chi connectivity index (χ4n) is 2.38. The number of hydrogen-bond acceptors (Lipinski definition) is 6. The molecule has 0 aliphatic rings. The lowest BCUT2D eigenvalue weighted by Gasteiger charge is -2.17. The number of ether oxygens (including phenoxy) is 1. The van der Waals surface area contributed by atoms with Gasteiger partial charge in [-0.05, 0) is 12.5 Å². The van der Waals surface area contributed by atoms with E-state index in [0.717, 1.165) is 11.4 Å². The van der Waals surface area contributed by atoms with Crippen molar-refractivity contribution in [3.63, 3.8) is 0 Å². The maximum Gasteiger partial charge on any atom is 0.355 e. The molecule has 0 fully saturated rings. The molecule has 0 saturated carbocycles. The molecule has 2 aromatic heterocycles. The number of aryl methyl sites for hydroxylation is 2. The van der Waals surface area contributed by atoms with E-state index in [2.05, 4.69) is 4.98 Å². The first-order valence-electron chi connectivity index (χ1n) is 8.10. The molecule has 2 aromatic rings. The minimum Gasteiger partial charge on any atom is -0.454 e. The van der Waals surface area contributed by atoms with Gasteiger partial charge in [0.15, 0.2) is 0 Å². The van der Waals surface area contributed by atoms with E-state index in [-0.39, 0.29) is 17.2 Å². The van der Waals surface area contributed by atoms with Crippen LogP contribution in [0.25, 0.3) is 0 Å². The predicted molar refractivity (Wildman–Crippen MR) is 96.1 cm³/mol. The summed E-state index contributed by atoms with van der Waals surface area (Å²) >= 11 is 1.52. The second-order valence-electron chi connectivity index (χ2n) is 5.42. The Hall–Kier alpha value is -1.71. The standard InChI is InChI=1S/C16H23N3O4S2/c1-5-15-17-12(11-24-15)10-23-16(20)14-8-13(9-18(14)4)25(21,22)19(6-2)7-3/h8-9,11H,5-7,10H2,1-4H3. The van der Waals surface area contributed by atoms with E-state index in [1.165, 1.54) is 32.5 Å². The summed E-state index contributed by atoms with van der Waals surface area (Å²) in [4.78, 5) is 16.7. The maximum atomic E-state index is 12.5. The zero-order valence-corrected chi connectivity index (χ0v) is 16.5. The highest BCUT2D eigenvalue weighted by molar-refractivity contribution is 7.89. The number of aromatic nitrogens is 2. The molecule has 7 nitrogen and oxygen atoms in total. The Bertz CT molecular complexity index is 835. The van der Waals surface area contributed by atoms with Crippen LogP contribution in [0, 0.1) is 0 Å². The van der Waals surface area contributed by atoms with Crippen LogP contribution in [-0.2, 0) is 34.8 Å². The van der Waals surface area contributed by atoms with Crippen molar-refractivity contribution >= 4 is 27.3 Å². The summed E-state index contributed by atoms with van der Waals surface area (Å²) < 4.78 is 33.2. The Kier molecular flexibility index (Phi) is 6.36. The summed E-state index contributed by atoms with van der Waals surface area (Å²) in [5.74, 6) is -0.574. The lowest BCUT2D eigenvalue weighted by Crippen LogP contribution is -2.30. The fraction of sp³-hybridized carbons (Fsp3) is 0.500. The summed E-state index contributed by atoms with van der Waals surface area (Å²) in [6.45, 7) is 6.37. The van der Waals surface area contributed by atoms with Crippen LogP contribution < -0.4 is 0 Å². The molecule has 9 heteroatoms. The van der Waals surface area contributed by atoms with Gasteiger partial charge in [-0.2, -0.15) is 4.31 Å². The zero-order valence-electron chi connectivity index (χ0n) is 14.9. The molecule has 0 aromatic carbocycles. The number of hydrogen-bond donors (Lipinski definition) is 0. The van der Waals surface area contributed by atoms with E-state index in [4.69, 9.17) is 4.74 Å². The van der Waals surface area contributed by atoms with Crippen LogP contribution in [0.1, 0.15) is 42.0 Å². The van der Waals surface area contributed by atoms with Crippen molar-refractivity contribution in [2.45, 2.75) is 38.7 Å². The van der Waals surface area contributed by atoms with Crippen LogP contribution in [0.4, 0.5) is 0 Å². The van der Waals surface area contributed by atoms with Crippen LogP contribution in [0.3, 0.4) is 0 Å². The molecule has 0 atom stereocenters. The molecule has 0 bridgehead atoms. The normalized spacial score (nSPS) is 11.9. The number of carbonyl (C=O) groups excluding carboxylic acids is 1. The van der Waals surface area contributed by atoms with Gasteiger partial charge in [-0.15, -0.1) is 11.3 Å². The molecule has 0 radical (unpaired) electrons. The Balaban J connectivity index is 2.14. The highest BCUT2D eigenvalue weighted by Crippen LogP contribution is 2.19. The molecular formula is C16H23N3O4S2. The zero-order chi connectivity index (χ0) is 18.6. The van der Waals surface area contributed by atoms with Gasteiger partial charge in [-0.25, -0.2) is 18.2 Å². The third-order valence-corrected chi connectivity index (χ3v) is 6.84. The number of nitrogens with zero attached hydrogens (tertiary/aromatic N) is 3. The van der Waals surface area contributed by atoms with E-state index < -0.39 is 16.0 Å². The second-order valence-corrected chi connectivity index (χ2v) is 8.30. The molecule has 0 amide bonds. The molecule has 0 spiro atoms. The Morgan fingerprint density at radius 2 is 2.00 bits per heavy atom. The van der Waals surface area contributed by atoms with Gasteiger partial charge in [0.25, 0.3) is 0 Å².